The predicted octanol–water partition coefficient (Wildman–Crippen LogP) is 6.64. The number of para-hydroxylation sites is 1. The highest BCUT2D eigenvalue weighted by Gasteiger charge is 2.13. The highest BCUT2D eigenvalue weighted by molar-refractivity contribution is 6.14. The van der Waals surface area contributed by atoms with E-state index in [1.54, 1.807) is 0 Å². The van der Waals surface area contributed by atoms with E-state index in [0.29, 0.717) is 0 Å². The fourth-order valence-electron chi connectivity index (χ4n) is 3.36. The quantitative estimate of drug-likeness (QED) is 0.323. The second-order valence-electron chi connectivity index (χ2n) is 6.31. The van der Waals surface area contributed by atoms with Gasteiger partial charge in [0.05, 0.1) is 0 Å². The molecule has 0 aliphatic carbocycles. The molecule has 5 rings (SSSR count). The van der Waals surface area contributed by atoms with Crippen LogP contribution in [-0.2, 0) is 0 Å². The molecule has 5 aromatic rings. The Morgan fingerprint density at radius 3 is 2.20 bits per heavy atom. The van der Waals surface area contributed by atoms with Crippen molar-refractivity contribution in [2.24, 2.45) is 0 Å². The highest BCUT2D eigenvalue weighted by atomic mass is 16.3. The van der Waals surface area contributed by atoms with E-state index in [2.05, 4.69) is 43.0 Å². The largest absolute Gasteiger partial charge is 0.456 e. The van der Waals surface area contributed by atoms with Gasteiger partial charge in [0.2, 0.25) is 0 Å². The van der Waals surface area contributed by atoms with Crippen molar-refractivity contribution >= 4 is 43.9 Å². The van der Waals surface area contributed by atoms with Gasteiger partial charge in [-0.2, -0.15) is 0 Å². The van der Waals surface area contributed by atoms with Gasteiger partial charge in [0.1, 0.15) is 22.3 Å². The van der Waals surface area contributed by atoms with E-state index in [4.69, 9.17) is 8.83 Å². The molecule has 2 aromatic heterocycles. The monoisotopic (exact) mass is 324 g/mol. The van der Waals surface area contributed by atoms with E-state index >= 15 is 0 Å². The molecule has 0 aliphatic rings. The first-order chi connectivity index (χ1) is 12.3. The summed E-state index contributed by atoms with van der Waals surface area (Å²) in [4.78, 5) is 0. The third-order valence-electron chi connectivity index (χ3n) is 4.58. The van der Waals surface area contributed by atoms with Crippen molar-refractivity contribution in [3.05, 3.63) is 60.2 Å². The minimum atomic E-state index is 0.882. The molecule has 2 heteroatoms. The maximum atomic E-state index is 6.07. The average Bonchev–Trinajstić information content (AvgIpc) is 3.17. The zero-order valence-corrected chi connectivity index (χ0v) is 13.9. The Hall–Kier alpha value is -3.18. The summed E-state index contributed by atoms with van der Waals surface area (Å²) in [6.45, 7) is 2.14. The van der Waals surface area contributed by atoms with Crippen molar-refractivity contribution in [1.82, 2.24) is 0 Å². The third kappa shape index (κ3) is 2.21. The molecule has 0 spiro atoms. The van der Waals surface area contributed by atoms with Gasteiger partial charge in [0.15, 0.2) is 0 Å². The summed E-state index contributed by atoms with van der Waals surface area (Å²) in [6, 6.07) is 18.4. The Morgan fingerprint density at radius 1 is 0.720 bits per heavy atom. The maximum Gasteiger partial charge on any atom is 0.136 e. The molecule has 0 radical (unpaired) electrons. The van der Waals surface area contributed by atoms with Gasteiger partial charge >= 0.3 is 0 Å². The van der Waals surface area contributed by atoms with E-state index in [9.17, 15) is 0 Å². The van der Waals surface area contributed by atoms with Crippen LogP contribution in [0.15, 0.2) is 63.4 Å². The van der Waals surface area contributed by atoms with E-state index in [-0.39, 0.29) is 0 Å². The van der Waals surface area contributed by atoms with Gasteiger partial charge in [-0.05, 0) is 42.8 Å². The second-order valence-corrected chi connectivity index (χ2v) is 6.31. The van der Waals surface area contributed by atoms with Crippen LogP contribution in [-0.4, -0.2) is 0 Å². The first kappa shape index (κ1) is 14.2. The lowest BCUT2D eigenvalue weighted by atomic mass is 10.1. The molecule has 0 saturated heterocycles. The summed E-state index contributed by atoms with van der Waals surface area (Å²) in [7, 11) is 0. The molecule has 3 aromatic carbocycles. The topological polar surface area (TPSA) is 26.3 Å². The van der Waals surface area contributed by atoms with Gasteiger partial charge in [-0.25, -0.2) is 0 Å². The molecular formula is C23H16O2. The molecule has 0 unspecified atom stereocenters. The Bertz CT molecular complexity index is 1310. The smallest absolute Gasteiger partial charge is 0.136 e. The molecule has 2 nitrogen and oxygen atoms in total. The lowest BCUT2D eigenvalue weighted by molar-refractivity contribution is 0.664. The van der Waals surface area contributed by atoms with Crippen molar-refractivity contribution in [2.75, 3.05) is 0 Å². The number of hydrogen-bond acceptors (Lipinski definition) is 2. The van der Waals surface area contributed by atoms with Crippen LogP contribution in [0.25, 0.3) is 43.9 Å². The van der Waals surface area contributed by atoms with Gasteiger partial charge in [0, 0.05) is 33.5 Å². The number of unbranched alkanes of at least 4 members (excludes halogenated alkanes) is 1. The van der Waals surface area contributed by atoms with Gasteiger partial charge < -0.3 is 8.83 Å². The fourth-order valence-corrected chi connectivity index (χ4v) is 3.36. The standard InChI is InChI=1S/C23H16O2/c1-2-3-4-7-15-10-11-21-17(12-15)19-14-22-18(13-23(19)25-21)16-8-5-6-9-20(16)24-22/h5-6,8-14H,2-3H2,1H3. The van der Waals surface area contributed by atoms with E-state index < -0.39 is 0 Å². The van der Waals surface area contributed by atoms with E-state index in [1.165, 1.54) is 0 Å². The highest BCUT2D eigenvalue weighted by Crippen LogP contribution is 2.36. The summed E-state index contributed by atoms with van der Waals surface area (Å²) < 4.78 is 12.1. The van der Waals surface area contributed by atoms with Gasteiger partial charge in [0.25, 0.3) is 0 Å². The van der Waals surface area contributed by atoms with Crippen LogP contribution < -0.4 is 0 Å². The molecule has 120 valence electrons. The summed E-state index contributed by atoms with van der Waals surface area (Å²) in [5, 5.41) is 4.36. The first-order valence-electron chi connectivity index (χ1n) is 8.60. The van der Waals surface area contributed by atoms with Crippen LogP contribution in [0.1, 0.15) is 25.3 Å². The lowest BCUT2D eigenvalue weighted by Gasteiger charge is -1.92. The van der Waals surface area contributed by atoms with Crippen LogP contribution in [0, 0.1) is 11.8 Å². The Kier molecular flexibility index (Phi) is 3.08. The molecule has 25 heavy (non-hydrogen) atoms. The van der Waals surface area contributed by atoms with Crippen LogP contribution in [0.5, 0.6) is 0 Å². The van der Waals surface area contributed by atoms with Crippen molar-refractivity contribution in [2.45, 2.75) is 19.8 Å². The number of fused-ring (bicyclic) bond motifs is 6. The lowest BCUT2D eigenvalue weighted by Crippen LogP contribution is -1.74. The SMILES string of the molecule is CCCC#Cc1ccc2oc3cc4c(cc3c2c1)oc1ccccc14. The minimum Gasteiger partial charge on any atom is -0.456 e. The van der Waals surface area contributed by atoms with Crippen LogP contribution in [0.4, 0.5) is 0 Å². The zero-order chi connectivity index (χ0) is 16.8. The van der Waals surface area contributed by atoms with Crippen LogP contribution in [0.3, 0.4) is 0 Å². The average molecular weight is 324 g/mol. The predicted molar refractivity (Wildman–Crippen MR) is 103 cm³/mol. The first-order valence-corrected chi connectivity index (χ1v) is 8.60. The number of furan rings is 2. The number of hydrogen-bond donors (Lipinski definition) is 0. The van der Waals surface area contributed by atoms with Crippen molar-refractivity contribution in [1.29, 1.82) is 0 Å². The minimum absolute atomic E-state index is 0.882. The van der Waals surface area contributed by atoms with Gasteiger partial charge in [-0.1, -0.05) is 37.0 Å². The molecule has 2 heterocycles. The maximum absolute atomic E-state index is 6.07. The summed E-state index contributed by atoms with van der Waals surface area (Å²) in [5.74, 6) is 6.44. The molecule has 0 saturated carbocycles. The molecule has 0 fully saturated rings. The second kappa shape index (κ2) is 5.43. The molecule has 0 aliphatic heterocycles. The van der Waals surface area contributed by atoms with Crippen molar-refractivity contribution in [3.63, 3.8) is 0 Å². The summed E-state index contributed by atoms with van der Waals surface area (Å²) >= 11 is 0. The van der Waals surface area contributed by atoms with Gasteiger partial charge in [-0.3, -0.25) is 0 Å². The Balaban J connectivity index is 1.78. The van der Waals surface area contributed by atoms with Crippen molar-refractivity contribution in [3.8, 4) is 11.8 Å². The number of rotatable bonds is 1. The molecule has 0 bridgehead atoms. The van der Waals surface area contributed by atoms with Gasteiger partial charge in [-0.15, -0.1) is 0 Å². The van der Waals surface area contributed by atoms with Crippen LogP contribution >= 0.6 is 0 Å². The summed E-state index contributed by atoms with van der Waals surface area (Å²) in [6.07, 6.45) is 2.00. The zero-order valence-electron chi connectivity index (χ0n) is 13.9. The third-order valence-corrected chi connectivity index (χ3v) is 4.58. The molecule has 0 atom stereocenters. The molecule has 0 amide bonds. The molecular weight excluding hydrogens is 308 g/mol. The van der Waals surface area contributed by atoms with Crippen LogP contribution in [0.2, 0.25) is 0 Å². The van der Waals surface area contributed by atoms with E-state index in [0.717, 1.165) is 62.3 Å². The van der Waals surface area contributed by atoms with E-state index in [1.807, 2.05) is 30.3 Å². The summed E-state index contributed by atoms with van der Waals surface area (Å²) in [5.41, 5.74) is 4.58. The Morgan fingerprint density at radius 2 is 1.40 bits per heavy atom. The van der Waals surface area contributed by atoms with Crippen molar-refractivity contribution < 1.29 is 8.83 Å². The fraction of sp³-hybridized carbons (Fsp3) is 0.130. The molecule has 0 N–H and O–H groups in total. The Labute approximate surface area is 145 Å². The normalized spacial score (nSPS) is 11.4. The number of benzene rings is 3.